The zero-order valence-corrected chi connectivity index (χ0v) is 11.7. The maximum Gasteiger partial charge on any atom is 0.337 e. The lowest BCUT2D eigenvalue weighted by atomic mass is 10.1. The van der Waals surface area contributed by atoms with E-state index in [2.05, 4.69) is 10.1 Å². The van der Waals surface area contributed by atoms with E-state index in [1.54, 1.807) is 18.2 Å². The number of hydrogen-bond acceptors (Lipinski definition) is 3. The van der Waals surface area contributed by atoms with E-state index in [9.17, 15) is 13.6 Å². The molecule has 0 unspecified atom stereocenters. The van der Waals surface area contributed by atoms with Gasteiger partial charge in [0.25, 0.3) is 0 Å². The van der Waals surface area contributed by atoms with Crippen molar-refractivity contribution >= 4 is 11.7 Å². The molecule has 21 heavy (non-hydrogen) atoms. The predicted octanol–water partition coefficient (Wildman–Crippen LogP) is 3.67. The number of benzene rings is 2. The number of esters is 1. The van der Waals surface area contributed by atoms with Gasteiger partial charge in [-0.25, -0.2) is 13.6 Å². The minimum absolute atomic E-state index is 0.357. The summed E-state index contributed by atoms with van der Waals surface area (Å²) in [7, 11) is 1.33. The molecule has 0 radical (unpaired) electrons. The van der Waals surface area contributed by atoms with Gasteiger partial charge < -0.3 is 10.1 Å². The lowest BCUT2D eigenvalue weighted by molar-refractivity contribution is 0.0600. The largest absolute Gasteiger partial charge is 0.465 e. The van der Waals surface area contributed by atoms with Gasteiger partial charge in [-0.1, -0.05) is 6.07 Å². The van der Waals surface area contributed by atoms with Gasteiger partial charge in [0.1, 0.15) is 0 Å². The summed E-state index contributed by atoms with van der Waals surface area (Å²) in [6.45, 7) is 2.20. The van der Waals surface area contributed by atoms with Crippen LogP contribution in [0, 0.1) is 18.6 Å². The molecule has 2 aromatic carbocycles. The van der Waals surface area contributed by atoms with Gasteiger partial charge in [-0.05, 0) is 48.4 Å². The van der Waals surface area contributed by atoms with Crippen molar-refractivity contribution in [1.82, 2.24) is 0 Å². The van der Waals surface area contributed by atoms with Gasteiger partial charge in [0.2, 0.25) is 0 Å². The van der Waals surface area contributed by atoms with Crippen LogP contribution in [-0.2, 0) is 11.3 Å². The Balaban J connectivity index is 2.09. The number of aryl methyl sites for hydroxylation is 1. The van der Waals surface area contributed by atoms with Crippen LogP contribution in [-0.4, -0.2) is 13.1 Å². The molecular formula is C16H15F2NO2. The zero-order chi connectivity index (χ0) is 15.4. The van der Waals surface area contributed by atoms with Crippen LogP contribution in [0.2, 0.25) is 0 Å². The Labute approximate surface area is 121 Å². The van der Waals surface area contributed by atoms with Crippen LogP contribution in [0.3, 0.4) is 0 Å². The van der Waals surface area contributed by atoms with Crippen LogP contribution in [0.1, 0.15) is 21.5 Å². The molecule has 2 aromatic rings. The Bertz CT molecular complexity index is 671. The van der Waals surface area contributed by atoms with Gasteiger partial charge in [0, 0.05) is 12.2 Å². The van der Waals surface area contributed by atoms with E-state index >= 15 is 0 Å². The Morgan fingerprint density at radius 3 is 2.52 bits per heavy atom. The maximum absolute atomic E-state index is 13.1. The minimum atomic E-state index is -0.868. The molecule has 1 N–H and O–H groups in total. The summed E-state index contributed by atoms with van der Waals surface area (Å²) in [4.78, 5) is 11.4. The number of rotatable bonds is 4. The van der Waals surface area contributed by atoms with E-state index in [4.69, 9.17) is 0 Å². The Hall–Kier alpha value is -2.43. The van der Waals surface area contributed by atoms with E-state index < -0.39 is 17.6 Å². The van der Waals surface area contributed by atoms with Crippen molar-refractivity contribution in [2.24, 2.45) is 0 Å². The van der Waals surface area contributed by atoms with Crippen molar-refractivity contribution in [2.75, 3.05) is 12.4 Å². The molecule has 0 fully saturated rings. The minimum Gasteiger partial charge on any atom is -0.465 e. The Morgan fingerprint density at radius 2 is 1.90 bits per heavy atom. The molecule has 0 aromatic heterocycles. The average molecular weight is 291 g/mol. The van der Waals surface area contributed by atoms with Gasteiger partial charge in [0.15, 0.2) is 11.6 Å². The van der Waals surface area contributed by atoms with E-state index in [0.717, 1.165) is 23.4 Å². The molecular weight excluding hydrogens is 276 g/mol. The van der Waals surface area contributed by atoms with Gasteiger partial charge >= 0.3 is 5.97 Å². The first kappa shape index (κ1) is 15.0. The summed E-state index contributed by atoms with van der Waals surface area (Å²) in [5.41, 5.74) is 2.77. The highest BCUT2D eigenvalue weighted by molar-refractivity contribution is 5.90. The predicted molar refractivity (Wildman–Crippen MR) is 76.2 cm³/mol. The van der Waals surface area contributed by atoms with Crippen molar-refractivity contribution < 1.29 is 18.3 Å². The maximum atomic E-state index is 13.1. The van der Waals surface area contributed by atoms with Crippen LogP contribution >= 0.6 is 0 Å². The summed E-state index contributed by atoms with van der Waals surface area (Å²) in [6.07, 6.45) is 0. The SMILES string of the molecule is COC(=O)c1ccc(NCc2ccc(F)c(F)c2)c(C)c1. The Kier molecular flexibility index (Phi) is 4.52. The molecule has 0 bridgehead atoms. The molecule has 0 aliphatic carbocycles. The highest BCUT2D eigenvalue weighted by Crippen LogP contribution is 2.18. The smallest absolute Gasteiger partial charge is 0.337 e. The van der Waals surface area contributed by atoms with Crippen LogP contribution in [0.15, 0.2) is 36.4 Å². The second-order valence-electron chi connectivity index (χ2n) is 4.62. The highest BCUT2D eigenvalue weighted by Gasteiger charge is 2.08. The molecule has 5 heteroatoms. The average Bonchev–Trinajstić information content (AvgIpc) is 2.48. The molecule has 0 spiro atoms. The molecule has 0 heterocycles. The molecule has 2 rings (SSSR count). The quantitative estimate of drug-likeness (QED) is 0.873. The fraction of sp³-hybridized carbons (Fsp3) is 0.188. The number of carbonyl (C=O) groups excluding carboxylic acids is 1. The number of ether oxygens (including phenoxy) is 1. The topological polar surface area (TPSA) is 38.3 Å². The third-order valence-electron chi connectivity index (χ3n) is 3.11. The van der Waals surface area contributed by atoms with E-state index in [0.29, 0.717) is 17.7 Å². The zero-order valence-electron chi connectivity index (χ0n) is 11.7. The normalized spacial score (nSPS) is 10.3. The molecule has 0 amide bonds. The van der Waals surface area contributed by atoms with Crippen molar-refractivity contribution in [2.45, 2.75) is 13.5 Å². The van der Waals surface area contributed by atoms with E-state index in [1.165, 1.54) is 13.2 Å². The molecule has 0 aliphatic heterocycles. The van der Waals surface area contributed by atoms with Gasteiger partial charge in [0.05, 0.1) is 12.7 Å². The summed E-state index contributed by atoms with van der Waals surface area (Å²) in [5.74, 6) is -2.13. The fourth-order valence-electron chi connectivity index (χ4n) is 1.95. The first-order valence-corrected chi connectivity index (χ1v) is 6.38. The third-order valence-corrected chi connectivity index (χ3v) is 3.11. The van der Waals surface area contributed by atoms with Crippen molar-refractivity contribution in [3.63, 3.8) is 0 Å². The number of anilines is 1. The van der Waals surface area contributed by atoms with E-state index in [-0.39, 0.29) is 0 Å². The van der Waals surface area contributed by atoms with Crippen LogP contribution in [0.5, 0.6) is 0 Å². The fourth-order valence-corrected chi connectivity index (χ4v) is 1.95. The number of nitrogens with one attached hydrogen (secondary N) is 1. The lowest BCUT2D eigenvalue weighted by Crippen LogP contribution is -2.05. The van der Waals surface area contributed by atoms with Crippen LogP contribution in [0.25, 0.3) is 0 Å². The van der Waals surface area contributed by atoms with Crippen LogP contribution < -0.4 is 5.32 Å². The Morgan fingerprint density at radius 1 is 1.14 bits per heavy atom. The van der Waals surface area contributed by atoms with E-state index in [1.807, 2.05) is 6.92 Å². The first-order chi connectivity index (χ1) is 10.0. The summed E-state index contributed by atoms with van der Waals surface area (Å²) in [5, 5.41) is 3.12. The lowest BCUT2D eigenvalue weighted by Gasteiger charge is -2.11. The number of carbonyl (C=O) groups is 1. The van der Waals surface area contributed by atoms with Crippen molar-refractivity contribution in [3.05, 3.63) is 64.7 Å². The van der Waals surface area contributed by atoms with Crippen molar-refractivity contribution in [1.29, 1.82) is 0 Å². The highest BCUT2D eigenvalue weighted by atomic mass is 19.2. The summed E-state index contributed by atoms with van der Waals surface area (Å²) in [6, 6.07) is 8.87. The summed E-state index contributed by atoms with van der Waals surface area (Å²) < 4.78 is 30.6. The molecule has 3 nitrogen and oxygen atoms in total. The molecule has 0 saturated heterocycles. The molecule has 0 aliphatic rings. The second-order valence-corrected chi connectivity index (χ2v) is 4.62. The monoisotopic (exact) mass is 291 g/mol. The van der Waals surface area contributed by atoms with Crippen molar-refractivity contribution in [3.8, 4) is 0 Å². The third kappa shape index (κ3) is 3.56. The van der Waals surface area contributed by atoms with Crippen LogP contribution in [0.4, 0.5) is 14.5 Å². The second kappa shape index (κ2) is 6.35. The number of halogens is 2. The standard InChI is InChI=1S/C16H15F2NO2/c1-10-7-12(16(20)21-2)4-6-15(10)19-9-11-3-5-13(17)14(18)8-11/h3-8,19H,9H2,1-2H3. The van der Waals surface area contributed by atoms with Gasteiger partial charge in [-0.15, -0.1) is 0 Å². The molecule has 0 atom stereocenters. The first-order valence-electron chi connectivity index (χ1n) is 6.38. The number of methoxy groups -OCH3 is 1. The summed E-state index contributed by atoms with van der Waals surface area (Å²) >= 11 is 0. The van der Waals surface area contributed by atoms with Gasteiger partial charge in [-0.3, -0.25) is 0 Å². The number of hydrogen-bond donors (Lipinski definition) is 1. The molecule has 0 saturated carbocycles. The van der Waals surface area contributed by atoms with Gasteiger partial charge in [-0.2, -0.15) is 0 Å². The molecule has 110 valence electrons.